The molecule has 1 heterocycles. The summed E-state index contributed by atoms with van der Waals surface area (Å²) in [5.74, 6) is 0.386. The first-order valence-corrected chi connectivity index (χ1v) is 6.32. The van der Waals surface area contributed by atoms with Gasteiger partial charge in [0.1, 0.15) is 0 Å². The molecule has 6 nitrogen and oxygen atoms in total. The zero-order valence-corrected chi connectivity index (χ0v) is 11.9. The number of nitrogens with zero attached hydrogens (tertiary/aromatic N) is 3. The van der Waals surface area contributed by atoms with Crippen LogP contribution in [0.4, 0.5) is 5.95 Å². The van der Waals surface area contributed by atoms with Crippen molar-refractivity contribution >= 4 is 17.5 Å². The average Bonchev–Trinajstić information content (AvgIpc) is 2.25. The summed E-state index contributed by atoms with van der Waals surface area (Å²) in [6.45, 7) is 8.96. The third-order valence-electron chi connectivity index (χ3n) is 1.93. The first kappa shape index (κ1) is 14.9. The molecule has 0 saturated carbocycles. The van der Waals surface area contributed by atoms with Crippen LogP contribution in [0.5, 0.6) is 6.01 Å². The van der Waals surface area contributed by atoms with E-state index in [1.807, 2.05) is 27.7 Å². The van der Waals surface area contributed by atoms with Crippen molar-refractivity contribution in [3.8, 4) is 6.01 Å². The highest BCUT2D eigenvalue weighted by Crippen LogP contribution is 2.12. The summed E-state index contributed by atoms with van der Waals surface area (Å²) in [5, 5.41) is 3.14. The van der Waals surface area contributed by atoms with Crippen LogP contribution in [-0.4, -0.2) is 40.3 Å². The Bertz CT molecular complexity index is 376. The number of halogens is 1. The van der Waals surface area contributed by atoms with Crippen LogP contribution in [0.1, 0.15) is 27.7 Å². The number of anilines is 1. The van der Waals surface area contributed by atoms with E-state index in [2.05, 4.69) is 20.3 Å². The molecule has 0 aromatic carbocycles. The van der Waals surface area contributed by atoms with Gasteiger partial charge in [0.05, 0.1) is 12.2 Å². The van der Waals surface area contributed by atoms with Gasteiger partial charge < -0.3 is 14.8 Å². The number of ether oxygens (including phenoxy) is 2. The minimum Gasteiger partial charge on any atom is -0.461 e. The van der Waals surface area contributed by atoms with Gasteiger partial charge in [0.25, 0.3) is 0 Å². The van der Waals surface area contributed by atoms with Crippen molar-refractivity contribution in [3.63, 3.8) is 0 Å². The van der Waals surface area contributed by atoms with Gasteiger partial charge in [-0.05, 0) is 39.3 Å². The van der Waals surface area contributed by atoms with Crippen molar-refractivity contribution in [1.29, 1.82) is 0 Å². The largest absolute Gasteiger partial charge is 0.461 e. The van der Waals surface area contributed by atoms with E-state index < -0.39 is 0 Å². The van der Waals surface area contributed by atoms with Crippen LogP contribution in [0.15, 0.2) is 0 Å². The molecule has 1 atom stereocenters. The van der Waals surface area contributed by atoms with Crippen molar-refractivity contribution in [3.05, 3.63) is 5.28 Å². The van der Waals surface area contributed by atoms with Crippen LogP contribution < -0.4 is 10.1 Å². The highest BCUT2D eigenvalue weighted by molar-refractivity contribution is 6.28. The SMILES string of the molecule is CCOC(C)CNc1nc(Cl)nc(OC(C)C)n1. The summed E-state index contributed by atoms with van der Waals surface area (Å²) in [4.78, 5) is 12.0. The van der Waals surface area contributed by atoms with Crippen molar-refractivity contribution in [2.75, 3.05) is 18.5 Å². The number of aromatic nitrogens is 3. The van der Waals surface area contributed by atoms with Crippen molar-refractivity contribution in [1.82, 2.24) is 15.0 Å². The molecular formula is C11H19ClN4O2. The molecule has 1 aromatic heterocycles. The van der Waals surface area contributed by atoms with Gasteiger partial charge in [-0.25, -0.2) is 0 Å². The van der Waals surface area contributed by atoms with Crippen molar-refractivity contribution < 1.29 is 9.47 Å². The van der Waals surface area contributed by atoms with E-state index in [1.165, 1.54) is 0 Å². The van der Waals surface area contributed by atoms with E-state index >= 15 is 0 Å². The molecule has 1 unspecified atom stereocenters. The number of rotatable bonds is 7. The number of hydrogen-bond acceptors (Lipinski definition) is 6. The third kappa shape index (κ3) is 5.46. The van der Waals surface area contributed by atoms with Gasteiger partial charge in [0, 0.05) is 13.2 Å². The normalized spacial score (nSPS) is 12.6. The quantitative estimate of drug-likeness (QED) is 0.822. The Hall–Kier alpha value is -1.14. The van der Waals surface area contributed by atoms with Gasteiger partial charge in [-0.2, -0.15) is 15.0 Å². The fourth-order valence-corrected chi connectivity index (χ4v) is 1.41. The fourth-order valence-electron chi connectivity index (χ4n) is 1.25. The second-order valence-corrected chi connectivity index (χ2v) is 4.36. The van der Waals surface area contributed by atoms with Crippen molar-refractivity contribution in [2.24, 2.45) is 0 Å². The van der Waals surface area contributed by atoms with Gasteiger partial charge in [-0.1, -0.05) is 0 Å². The van der Waals surface area contributed by atoms with Crippen molar-refractivity contribution in [2.45, 2.75) is 39.9 Å². The molecule has 0 aliphatic carbocycles. The van der Waals surface area contributed by atoms with Crippen LogP contribution in [0.3, 0.4) is 0 Å². The summed E-state index contributed by atoms with van der Waals surface area (Å²) in [7, 11) is 0. The highest BCUT2D eigenvalue weighted by Gasteiger charge is 2.08. The molecule has 18 heavy (non-hydrogen) atoms. The lowest BCUT2D eigenvalue weighted by molar-refractivity contribution is 0.0854. The predicted molar refractivity (Wildman–Crippen MR) is 70.2 cm³/mol. The van der Waals surface area contributed by atoms with Crippen LogP contribution in [-0.2, 0) is 4.74 Å². The molecule has 0 radical (unpaired) electrons. The summed E-state index contributed by atoms with van der Waals surface area (Å²) in [6.07, 6.45) is 0.0543. The lowest BCUT2D eigenvalue weighted by atomic mass is 10.4. The maximum absolute atomic E-state index is 5.80. The molecule has 0 aliphatic rings. The lowest BCUT2D eigenvalue weighted by Crippen LogP contribution is -2.21. The average molecular weight is 275 g/mol. The van der Waals surface area contributed by atoms with Gasteiger partial charge in [-0.15, -0.1) is 0 Å². The zero-order chi connectivity index (χ0) is 13.5. The van der Waals surface area contributed by atoms with Gasteiger partial charge in [0.15, 0.2) is 0 Å². The van der Waals surface area contributed by atoms with E-state index in [4.69, 9.17) is 21.1 Å². The first-order valence-electron chi connectivity index (χ1n) is 5.95. The third-order valence-corrected chi connectivity index (χ3v) is 2.10. The summed E-state index contributed by atoms with van der Waals surface area (Å²) >= 11 is 5.80. The zero-order valence-electron chi connectivity index (χ0n) is 11.1. The van der Waals surface area contributed by atoms with E-state index in [1.54, 1.807) is 0 Å². The minimum atomic E-state index is -0.0151. The maximum atomic E-state index is 5.80. The molecule has 0 saturated heterocycles. The van der Waals surface area contributed by atoms with Gasteiger partial charge in [0.2, 0.25) is 11.2 Å². The monoisotopic (exact) mass is 274 g/mol. The summed E-state index contributed by atoms with van der Waals surface area (Å²) < 4.78 is 10.8. The first-order chi connectivity index (χ1) is 8.51. The summed E-state index contributed by atoms with van der Waals surface area (Å²) in [6, 6.07) is 0.219. The smallest absolute Gasteiger partial charge is 0.322 e. The topological polar surface area (TPSA) is 69.2 Å². The molecule has 7 heteroatoms. The molecule has 0 bridgehead atoms. The van der Waals surface area contributed by atoms with E-state index in [-0.39, 0.29) is 23.5 Å². The van der Waals surface area contributed by atoms with Gasteiger partial charge in [-0.3, -0.25) is 0 Å². The Kier molecular flexibility index (Phi) is 6.07. The van der Waals surface area contributed by atoms with Crippen LogP contribution >= 0.6 is 11.6 Å². The van der Waals surface area contributed by atoms with E-state index in [0.717, 1.165) is 0 Å². The molecule has 1 rings (SSSR count). The Morgan fingerprint density at radius 2 is 1.94 bits per heavy atom. The molecule has 102 valence electrons. The second-order valence-electron chi connectivity index (χ2n) is 4.02. The summed E-state index contributed by atoms with van der Waals surface area (Å²) in [5.41, 5.74) is 0. The Morgan fingerprint density at radius 3 is 2.56 bits per heavy atom. The van der Waals surface area contributed by atoms with Crippen LogP contribution in [0.2, 0.25) is 5.28 Å². The number of hydrogen-bond donors (Lipinski definition) is 1. The lowest BCUT2D eigenvalue weighted by Gasteiger charge is -2.13. The predicted octanol–water partition coefficient (Wildman–Crippen LogP) is 2.15. The minimum absolute atomic E-state index is 0.0151. The Morgan fingerprint density at radius 1 is 1.22 bits per heavy atom. The van der Waals surface area contributed by atoms with Crippen LogP contribution in [0, 0.1) is 0 Å². The highest BCUT2D eigenvalue weighted by atomic mass is 35.5. The van der Waals surface area contributed by atoms with E-state index in [0.29, 0.717) is 19.1 Å². The second kappa shape index (κ2) is 7.33. The maximum Gasteiger partial charge on any atom is 0.322 e. The van der Waals surface area contributed by atoms with Gasteiger partial charge >= 0.3 is 6.01 Å². The molecule has 0 spiro atoms. The molecule has 1 aromatic rings. The van der Waals surface area contributed by atoms with Crippen LogP contribution in [0.25, 0.3) is 0 Å². The van der Waals surface area contributed by atoms with E-state index in [9.17, 15) is 0 Å². The molecule has 0 aliphatic heterocycles. The number of nitrogens with one attached hydrogen (secondary N) is 1. The standard InChI is InChI=1S/C11H19ClN4O2/c1-5-17-8(4)6-13-10-14-9(12)15-11(16-10)18-7(2)3/h7-8H,5-6H2,1-4H3,(H,13,14,15,16). The Labute approximate surface area is 112 Å². The Balaban J connectivity index is 2.62. The molecule has 1 N–H and O–H groups in total. The fraction of sp³-hybridized carbons (Fsp3) is 0.727. The molecule has 0 amide bonds. The molecule has 0 fully saturated rings. The molecular weight excluding hydrogens is 256 g/mol.